The number of carbonyl (C=O) groups excluding carboxylic acids is 2. The van der Waals surface area contributed by atoms with Crippen LogP contribution in [0.5, 0.6) is 0 Å². The van der Waals surface area contributed by atoms with Crippen LogP contribution in [-0.2, 0) is 29.0 Å². The van der Waals surface area contributed by atoms with Crippen molar-refractivity contribution in [3.63, 3.8) is 0 Å². The average Bonchev–Trinajstić information content (AvgIpc) is 2.83. The summed E-state index contributed by atoms with van der Waals surface area (Å²) < 4.78 is 14.6. The van der Waals surface area contributed by atoms with E-state index in [1.165, 1.54) is 11.0 Å². The lowest BCUT2D eigenvalue weighted by Crippen LogP contribution is -2.51. The van der Waals surface area contributed by atoms with Gasteiger partial charge in [0, 0.05) is 30.1 Å². The van der Waals surface area contributed by atoms with Gasteiger partial charge in [-0.15, -0.1) is 0 Å². The zero-order chi connectivity index (χ0) is 24.5. The summed E-state index contributed by atoms with van der Waals surface area (Å²) in [6.45, 7) is 4.50. The van der Waals surface area contributed by atoms with Gasteiger partial charge in [-0.2, -0.15) is 0 Å². The Morgan fingerprint density at radius 2 is 1.56 bits per heavy atom. The molecule has 0 aliphatic rings. The van der Waals surface area contributed by atoms with E-state index in [9.17, 15) is 14.0 Å². The molecule has 1 N–H and O–H groups in total. The van der Waals surface area contributed by atoms with Crippen molar-refractivity contribution in [1.82, 2.24) is 10.2 Å². The highest BCUT2D eigenvalue weighted by molar-refractivity contribution is 6.30. The largest absolute Gasteiger partial charge is 0.354 e. The molecule has 34 heavy (non-hydrogen) atoms. The van der Waals surface area contributed by atoms with Gasteiger partial charge in [0.2, 0.25) is 11.8 Å². The minimum Gasteiger partial charge on any atom is -0.354 e. The van der Waals surface area contributed by atoms with Gasteiger partial charge in [0.15, 0.2) is 0 Å². The third-order valence-electron chi connectivity index (χ3n) is 5.52. The second kappa shape index (κ2) is 12.3. The summed E-state index contributed by atoms with van der Waals surface area (Å²) in [7, 11) is 0. The lowest BCUT2D eigenvalue weighted by atomic mass is 10.0. The molecule has 0 spiro atoms. The summed E-state index contributed by atoms with van der Waals surface area (Å²) in [5, 5.41) is 3.54. The minimum atomic E-state index is -0.791. The summed E-state index contributed by atoms with van der Waals surface area (Å²) in [5.41, 5.74) is 2.06. The summed E-state index contributed by atoms with van der Waals surface area (Å²) in [4.78, 5) is 28.4. The molecule has 4 nitrogen and oxygen atoms in total. The van der Waals surface area contributed by atoms with Crippen molar-refractivity contribution >= 4 is 23.4 Å². The highest BCUT2D eigenvalue weighted by Gasteiger charge is 2.31. The number of nitrogens with one attached hydrogen (secondary N) is 1. The van der Waals surface area contributed by atoms with Crippen LogP contribution in [0.4, 0.5) is 4.39 Å². The number of amides is 2. The van der Waals surface area contributed by atoms with Gasteiger partial charge in [-0.25, -0.2) is 4.39 Å². The molecule has 0 heterocycles. The molecule has 0 aliphatic carbocycles. The zero-order valence-corrected chi connectivity index (χ0v) is 20.3. The molecule has 0 aliphatic heterocycles. The molecular weight excluding hydrogens is 451 g/mol. The van der Waals surface area contributed by atoms with Crippen molar-refractivity contribution in [1.29, 1.82) is 0 Å². The molecule has 3 aromatic carbocycles. The predicted molar refractivity (Wildman–Crippen MR) is 134 cm³/mol. The van der Waals surface area contributed by atoms with Crippen LogP contribution in [0.2, 0.25) is 5.02 Å². The van der Waals surface area contributed by atoms with Gasteiger partial charge >= 0.3 is 0 Å². The van der Waals surface area contributed by atoms with Crippen LogP contribution < -0.4 is 5.32 Å². The van der Waals surface area contributed by atoms with Crippen molar-refractivity contribution in [2.24, 2.45) is 5.92 Å². The van der Waals surface area contributed by atoms with E-state index >= 15 is 0 Å². The van der Waals surface area contributed by atoms with Gasteiger partial charge in [0.25, 0.3) is 0 Å². The first kappa shape index (κ1) is 25.4. The van der Waals surface area contributed by atoms with Crippen molar-refractivity contribution < 1.29 is 14.0 Å². The molecule has 0 saturated carbocycles. The molecule has 3 aromatic rings. The predicted octanol–water partition coefficient (Wildman–Crippen LogP) is 5.43. The van der Waals surface area contributed by atoms with Crippen molar-refractivity contribution in [3.8, 4) is 0 Å². The van der Waals surface area contributed by atoms with Crippen LogP contribution >= 0.6 is 11.6 Å². The van der Waals surface area contributed by atoms with Gasteiger partial charge in [-0.3, -0.25) is 9.59 Å². The van der Waals surface area contributed by atoms with Crippen LogP contribution in [0.3, 0.4) is 0 Å². The fraction of sp³-hybridized carbons (Fsp3) is 0.286. The molecule has 0 unspecified atom stereocenters. The summed E-state index contributed by atoms with van der Waals surface area (Å²) >= 11 is 5.99. The Bertz CT molecular complexity index is 1090. The van der Waals surface area contributed by atoms with Gasteiger partial charge in [-0.05, 0) is 35.2 Å². The van der Waals surface area contributed by atoms with E-state index in [0.29, 0.717) is 23.6 Å². The Morgan fingerprint density at radius 1 is 0.912 bits per heavy atom. The zero-order valence-electron chi connectivity index (χ0n) is 19.5. The molecule has 1 atom stereocenters. The average molecular weight is 481 g/mol. The number of hydrogen-bond acceptors (Lipinski definition) is 2. The number of carbonyl (C=O) groups is 2. The van der Waals surface area contributed by atoms with Crippen LogP contribution in [-0.4, -0.2) is 29.3 Å². The van der Waals surface area contributed by atoms with E-state index in [4.69, 9.17) is 11.6 Å². The minimum absolute atomic E-state index is 0.00824. The number of halogens is 2. The molecule has 0 aromatic heterocycles. The van der Waals surface area contributed by atoms with Crippen LogP contribution in [0, 0.1) is 11.7 Å². The van der Waals surface area contributed by atoms with Gasteiger partial charge in [0.05, 0.1) is 6.42 Å². The number of benzene rings is 3. The normalized spacial score (nSPS) is 11.8. The van der Waals surface area contributed by atoms with E-state index in [0.717, 1.165) is 11.1 Å². The van der Waals surface area contributed by atoms with Gasteiger partial charge < -0.3 is 10.2 Å². The van der Waals surface area contributed by atoms with Gasteiger partial charge in [-0.1, -0.05) is 86.1 Å². The highest BCUT2D eigenvalue weighted by Crippen LogP contribution is 2.19. The van der Waals surface area contributed by atoms with E-state index in [1.807, 2.05) is 44.2 Å². The SMILES string of the molecule is CC(C)CNC(=O)[C@@H](Cc1ccccc1)N(Cc1ccccc1F)C(=O)Cc1ccc(Cl)cc1. The third kappa shape index (κ3) is 7.42. The second-order valence-electron chi connectivity index (χ2n) is 8.76. The molecular formula is C28H30ClFN2O2. The molecule has 2 amide bonds. The highest BCUT2D eigenvalue weighted by atomic mass is 35.5. The first-order valence-corrected chi connectivity index (χ1v) is 11.8. The number of rotatable bonds is 10. The van der Waals surface area contributed by atoms with Crippen LogP contribution in [0.25, 0.3) is 0 Å². The molecule has 6 heteroatoms. The van der Waals surface area contributed by atoms with E-state index in [2.05, 4.69) is 5.32 Å². The maximum atomic E-state index is 14.6. The Morgan fingerprint density at radius 3 is 2.21 bits per heavy atom. The summed E-state index contributed by atoms with van der Waals surface area (Å²) in [6, 6.07) is 22.1. The van der Waals surface area contributed by atoms with E-state index < -0.39 is 11.9 Å². The number of nitrogens with zero attached hydrogens (tertiary/aromatic N) is 1. The molecule has 0 radical (unpaired) electrons. The topological polar surface area (TPSA) is 49.4 Å². The molecule has 0 bridgehead atoms. The maximum absolute atomic E-state index is 14.6. The first-order valence-electron chi connectivity index (χ1n) is 11.4. The summed E-state index contributed by atoms with van der Waals surface area (Å²) in [5.74, 6) is -0.663. The van der Waals surface area contributed by atoms with Gasteiger partial charge in [0.1, 0.15) is 11.9 Å². The fourth-order valence-corrected chi connectivity index (χ4v) is 3.79. The fourth-order valence-electron chi connectivity index (χ4n) is 3.67. The van der Waals surface area contributed by atoms with E-state index in [1.54, 1.807) is 42.5 Å². The standard InChI is InChI=1S/C28H30ClFN2O2/c1-20(2)18-31-28(34)26(16-21-8-4-3-5-9-21)32(19-23-10-6-7-11-25(23)30)27(33)17-22-12-14-24(29)15-13-22/h3-15,20,26H,16-19H2,1-2H3,(H,31,34)/t26-/m1/s1. The third-order valence-corrected chi connectivity index (χ3v) is 5.77. The maximum Gasteiger partial charge on any atom is 0.243 e. The van der Waals surface area contributed by atoms with Crippen molar-refractivity contribution in [2.75, 3.05) is 6.54 Å². The smallest absolute Gasteiger partial charge is 0.243 e. The second-order valence-corrected chi connectivity index (χ2v) is 9.20. The molecule has 178 valence electrons. The Balaban J connectivity index is 1.96. The quantitative estimate of drug-likeness (QED) is 0.420. The molecule has 0 fully saturated rings. The van der Waals surface area contributed by atoms with E-state index in [-0.39, 0.29) is 30.7 Å². The van der Waals surface area contributed by atoms with Crippen molar-refractivity contribution in [2.45, 2.75) is 39.3 Å². The monoisotopic (exact) mass is 480 g/mol. The lowest BCUT2D eigenvalue weighted by molar-refractivity contribution is -0.140. The lowest BCUT2D eigenvalue weighted by Gasteiger charge is -2.32. The Hall–Kier alpha value is -3.18. The summed E-state index contributed by atoms with van der Waals surface area (Å²) in [6.07, 6.45) is 0.403. The Kier molecular flexibility index (Phi) is 9.23. The number of hydrogen-bond donors (Lipinski definition) is 1. The molecule has 0 saturated heterocycles. The molecule has 3 rings (SSSR count). The van der Waals surface area contributed by atoms with Crippen LogP contribution in [0.1, 0.15) is 30.5 Å². The van der Waals surface area contributed by atoms with Crippen LogP contribution in [0.15, 0.2) is 78.9 Å². The Labute approximate surface area is 205 Å². The van der Waals surface area contributed by atoms with Crippen molar-refractivity contribution in [3.05, 3.63) is 106 Å². The first-order chi connectivity index (χ1) is 16.3.